The highest BCUT2D eigenvalue weighted by atomic mass is 16.3. The van der Waals surface area contributed by atoms with Gasteiger partial charge in [0.05, 0.1) is 0 Å². The Kier molecular flexibility index (Phi) is 5.30. The summed E-state index contributed by atoms with van der Waals surface area (Å²) in [6.45, 7) is 2.09. The Morgan fingerprint density at radius 3 is 1.89 bits per heavy atom. The highest BCUT2D eigenvalue weighted by Crippen LogP contribution is 2.37. The van der Waals surface area contributed by atoms with E-state index in [4.69, 9.17) is 19.4 Å². The van der Waals surface area contributed by atoms with E-state index in [1.807, 2.05) is 66.7 Å². The van der Waals surface area contributed by atoms with Gasteiger partial charge in [0.1, 0.15) is 11.2 Å². The number of aromatic nitrogens is 3. The van der Waals surface area contributed by atoms with Crippen LogP contribution in [0, 0.1) is 6.92 Å². The number of rotatable bonds is 4. The molecule has 0 amide bonds. The second-order valence-corrected chi connectivity index (χ2v) is 9.40. The summed E-state index contributed by atoms with van der Waals surface area (Å²) in [4.78, 5) is 14.9. The summed E-state index contributed by atoms with van der Waals surface area (Å²) in [5.74, 6) is 1.89. The van der Waals surface area contributed by atoms with Crippen molar-refractivity contribution in [3.63, 3.8) is 0 Å². The van der Waals surface area contributed by atoms with Crippen molar-refractivity contribution < 1.29 is 4.42 Å². The second-order valence-electron chi connectivity index (χ2n) is 9.40. The van der Waals surface area contributed by atoms with Crippen molar-refractivity contribution in [1.29, 1.82) is 0 Å². The smallest absolute Gasteiger partial charge is 0.164 e. The number of nitrogens with zero attached hydrogens (tertiary/aromatic N) is 3. The number of fused-ring (bicyclic) bond motifs is 3. The van der Waals surface area contributed by atoms with E-state index in [-0.39, 0.29) is 0 Å². The van der Waals surface area contributed by atoms with Gasteiger partial charge in [-0.05, 0) is 42.3 Å². The third kappa shape index (κ3) is 3.93. The van der Waals surface area contributed by atoms with Crippen LogP contribution < -0.4 is 0 Å². The molecule has 0 unspecified atom stereocenters. The van der Waals surface area contributed by atoms with Crippen LogP contribution in [0.15, 0.2) is 126 Å². The lowest BCUT2D eigenvalue weighted by Crippen LogP contribution is -2.00. The Bertz CT molecular complexity index is 1930. The molecule has 0 spiro atoms. The van der Waals surface area contributed by atoms with Crippen LogP contribution in [0.3, 0.4) is 0 Å². The number of hydrogen-bond acceptors (Lipinski definition) is 4. The first-order valence-corrected chi connectivity index (χ1v) is 12.6. The molecule has 0 aliphatic heterocycles. The SMILES string of the molecule is Cc1ccc2oc3cccc(-c4nc(-c5ccccc5)nc(-c5cccc(-c6ccccc6)c5)n4)c3c2c1. The molecule has 2 aromatic heterocycles. The number of furan rings is 1. The molecule has 0 bridgehead atoms. The summed E-state index contributed by atoms with van der Waals surface area (Å²) in [7, 11) is 0. The molecule has 38 heavy (non-hydrogen) atoms. The summed E-state index contributed by atoms with van der Waals surface area (Å²) in [5.41, 5.74) is 7.91. The number of aryl methyl sites for hydroxylation is 1. The average molecular weight is 490 g/mol. The maximum Gasteiger partial charge on any atom is 0.164 e. The third-order valence-electron chi connectivity index (χ3n) is 6.79. The van der Waals surface area contributed by atoms with Crippen molar-refractivity contribution in [3.05, 3.63) is 127 Å². The van der Waals surface area contributed by atoms with E-state index < -0.39 is 0 Å². The lowest BCUT2D eigenvalue weighted by molar-refractivity contribution is 0.669. The molecule has 0 aliphatic carbocycles. The number of hydrogen-bond donors (Lipinski definition) is 0. The minimum absolute atomic E-state index is 0.619. The van der Waals surface area contributed by atoms with Crippen molar-refractivity contribution in [2.45, 2.75) is 6.92 Å². The summed E-state index contributed by atoms with van der Waals surface area (Å²) >= 11 is 0. The van der Waals surface area contributed by atoms with E-state index in [1.165, 1.54) is 5.56 Å². The van der Waals surface area contributed by atoms with Gasteiger partial charge in [-0.15, -0.1) is 0 Å². The zero-order valence-corrected chi connectivity index (χ0v) is 20.8. The third-order valence-corrected chi connectivity index (χ3v) is 6.79. The second kappa shape index (κ2) is 9.09. The Morgan fingerprint density at radius 2 is 1.11 bits per heavy atom. The summed E-state index contributed by atoms with van der Waals surface area (Å²) in [6, 6.07) is 41.1. The molecule has 0 atom stereocenters. The number of benzene rings is 5. The normalized spacial score (nSPS) is 11.3. The van der Waals surface area contributed by atoms with Crippen LogP contribution in [0.2, 0.25) is 0 Å². The van der Waals surface area contributed by atoms with Gasteiger partial charge in [0.2, 0.25) is 0 Å². The highest BCUT2D eigenvalue weighted by Gasteiger charge is 2.18. The zero-order valence-electron chi connectivity index (χ0n) is 20.8. The molecular formula is C34H23N3O. The molecule has 0 radical (unpaired) electrons. The van der Waals surface area contributed by atoms with Gasteiger partial charge >= 0.3 is 0 Å². The summed E-state index contributed by atoms with van der Waals surface area (Å²) in [6.07, 6.45) is 0. The Hall–Kier alpha value is -5.09. The van der Waals surface area contributed by atoms with Crippen molar-refractivity contribution in [1.82, 2.24) is 15.0 Å². The standard InChI is InChI=1S/C34H23N3O/c1-22-18-19-29-28(20-22)31-27(16-9-17-30(31)38-29)34-36-32(24-12-6-3-7-13-24)35-33(37-34)26-15-8-14-25(21-26)23-10-4-2-5-11-23/h2-21H,1H3. The van der Waals surface area contributed by atoms with E-state index in [9.17, 15) is 0 Å². The van der Waals surface area contributed by atoms with Gasteiger partial charge in [-0.3, -0.25) is 0 Å². The molecule has 2 heterocycles. The van der Waals surface area contributed by atoms with Crippen molar-refractivity contribution >= 4 is 21.9 Å². The zero-order chi connectivity index (χ0) is 25.5. The van der Waals surface area contributed by atoms with Crippen molar-refractivity contribution in [3.8, 4) is 45.3 Å². The fourth-order valence-electron chi connectivity index (χ4n) is 4.94. The first-order chi connectivity index (χ1) is 18.7. The Morgan fingerprint density at radius 1 is 0.474 bits per heavy atom. The molecule has 7 rings (SSSR count). The van der Waals surface area contributed by atoms with Gasteiger partial charge in [-0.25, -0.2) is 15.0 Å². The maximum absolute atomic E-state index is 6.19. The van der Waals surface area contributed by atoms with Crippen LogP contribution in [0.5, 0.6) is 0 Å². The molecule has 4 heteroatoms. The first kappa shape index (κ1) is 22.1. The van der Waals surface area contributed by atoms with Crippen LogP contribution in [0.25, 0.3) is 67.2 Å². The molecule has 180 valence electrons. The van der Waals surface area contributed by atoms with Crippen LogP contribution >= 0.6 is 0 Å². The fraction of sp³-hybridized carbons (Fsp3) is 0.0294. The van der Waals surface area contributed by atoms with Gasteiger partial charge in [-0.2, -0.15) is 0 Å². The van der Waals surface area contributed by atoms with E-state index >= 15 is 0 Å². The van der Waals surface area contributed by atoms with Crippen LogP contribution in [0.4, 0.5) is 0 Å². The van der Waals surface area contributed by atoms with Gasteiger partial charge < -0.3 is 4.42 Å². The molecule has 7 aromatic rings. The molecule has 4 nitrogen and oxygen atoms in total. The molecule has 0 aliphatic rings. The quantitative estimate of drug-likeness (QED) is 0.248. The van der Waals surface area contributed by atoms with Crippen LogP contribution in [-0.4, -0.2) is 15.0 Å². The molecule has 0 fully saturated rings. The molecule has 5 aromatic carbocycles. The largest absolute Gasteiger partial charge is 0.456 e. The van der Waals surface area contributed by atoms with Gasteiger partial charge in [0, 0.05) is 27.5 Å². The van der Waals surface area contributed by atoms with E-state index in [0.29, 0.717) is 17.5 Å². The molecule has 0 saturated heterocycles. The maximum atomic E-state index is 6.19. The molecule has 0 saturated carbocycles. The average Bonchev–Trinajstić information content (AvgIpc) is 3.36. The van der Waals surface area contributed by atoms with E-state index in [1.54, 1.807) is 0 Å². The lowest BCUT2D eigenvalue weighted by Gasteiger charge is -2.10. The van der Waals surface area contributed by atoms with Crippen LogP contribution in [0.1, 0.15) is 5.56 Å². The van der Waals surface area contributed by atoms with E-state index in [2.05, 4.69) is 61.5 Å². The Labute approximate surface area is 220 Å². The molecule has 0 N–H and O–H groups in total. The van der Waals surface area contributed by atoms with Crippen molar-refractivity contribution in [2.24, 2.45) is 0 Å². The van der Waals surface area contributed by atoms with Gasteiger partial charge in [-0.1, -0.05) is 103 Å². The first-order valence-electron chi connectivity index (χ1n) is 12.6. The topological polar surface area (TPSA) is 51.8 Å². The Balaban J connectivity index is 1.47. The predicted octanol–water partition coefficient (Wildman–Crippen LogP) is 8.75. The minimum atomic E-state index is 0.619. The van der Waals surface area contributed by atoms with Crippen molar-refractivity contribution in [2.75, 3.05) is 0 Å². The van der Waals surface area contributed by atoms with Gasteiger partial charge in [0.25, 0.3) is 0 Å². The predicted molar refractivity (Wildman–Crippen MR) is 154 cm³/mol. The molecular weight excluding hydrogens is 466 g/mol. The minimum Gasteiger partial charge on any atom is -0.456 e. The summed E-state index contributed by atoms with van der Waals surface area (Å²) < 4.78 is 6.19. The van der Waals surface area contributed by atoms with E-state index in [0.717, 1.165) is 49.8 Å². The highest BCUT2D eigenvalue weighted by molar-refractivity contribution is 6.12. The fourth-order valence-corrected chi connectivity index (χ4v) is 4.94. The lowest BCUT2D eigenvalue weighted by atomic mass is 10.0. The van der Waals surface area contributed by atoms with Crippen LogP contribution in [-0.2, 0) is 0 Å². The monoisotopic (exact) mass is 489 g/mol. The van der Waals surface area contributed by atoms with Gasteiger partial charge in [0.15, 0.2) is 17.5 Å². The summed E-state index contributed by atoms with van der Waals surface area (Å²) in [5, 5.41) is 2.07.